The zero-order chi connectivity index (χ0) is 15.6. The zero-order valence-corrected chi connectivity index (χ0v) is 11.6. The van der Waals surface area contributed by atoms with Crippen LogP contribution >= 0.6 is 0 Å². The molecule has 0 aromatic heterocycles. The van der Waals surface area contributed by atoms with Crippen LogP contribution in [0.3, 0.4) is 0 Å². The summed E-state index contributed by atoms with van der Waals surface area (Å²) < 4.78 is 23.1. The van der Waals surface area contributed by atoms with Crippen LogP contribution in [0, 0.1) is 11.7 Å². The number of esters is 2. The second-order valence-electron chi connectivity index (χ2n) is 4.59. The SMILES string of the molecule is COC(=O)c1ccc(F)c(N2CC(C(=O)OC)CC2=O)c1. The largest absolute Gasteiger partial charge is 0.469 e. The second kappa shape index (κ2) is 5.90. The van der Waals surface area contributed by atoms with Gasteiger partial charge < -0.3 is 14.4 Å². The highest BCUT2D eigenvalue weighted by atomic mass is 19.1. The Morgan fingerprint density at radius 1 is 1.29 bits per heavy atom. The van der Waals surface area contributed by atoms with Crippen LogP contribution in [-0.4, -0.2) is 38.6 Å². The van der Waals surface area contributed by atoms with Crippen LogP contribution in [0.15, 0.2) is 18.2 Å². The van der Waals surface area contributed by atoms with E-state index >= 15 is 0 Å². The van der Waals surface area contributed by atoms with Crippen molar-refractivity contribution in [2.45, 2.75) is 6.42 Å². The van der Waals surface area contributed by atoms with Crippen LogP contribution in [-0.2, 0) is 19.1 Å². The number of carbonyl (C=O) groups is 3. The molecule has 1 saturated heterocycles. The van der Waals surface area contributed by atoms with Crippen molar-refractivity contribution in [2.24, 2.45) is 5.92 Å². The third-order valence-electron chi connectivity index (χ3n) is 3.32. The number of hydrogen-bond acceptors (Lipinski definition) is 5. The lowest BCUT2D eigenvalue weighted by atomic mass is 10.1. The van der Waals surface area contributed by atoms with Crippen molar-refractivity contribution in [3.8, 4) is 0 Å². The summed E-state index contributed by atoms with van der Waals surface area (Å²) in [6.07, 6.45) is -0.0471. The van der Waals surface area contributed by atoms with E-state index in [4.69, 9.17) is 0 Å². The molecule has 0 spiro atoms. The highest BCUT2D eigenvalue weighted by Gasteiger charge is 2.37. The molecule has 1 aromatic rings. The number of methoxy groups -OCH3 is 2. The number of nitrogens with zero attached hydrogens (tertiary/aromatic N) is 1. The average Bonchev–Trinajstić information content (AvgIpc) is 2.88. The summed E-state index contributed by atoms with van der Waals surface area (Å²) in [5.41, 5.74) is 0.0810. The van der Waals surface area contributed by atoms with Crippen LogP contribution in [0.25, 0.3) is 0 Å². The first kappa shape index (κ1) is 15.0. The van der Waals surface area contributed by atoms with E-state index in [1.807, 2.05) is 0 Å². The monoisotopic (exact) mass is 295 g/mol. The van der Waals surface area contributed by atoms with Gasteiger partial charge >= 0.3 is 11.9 Å². The highest BCUT2D eigenvalue weighted by molar-refractivity contribution is 6.00. The minimum atomic E-state index is -0.651. The normalized spacial score (nSPS) is 17.8. The summed E-state index contributed by atoms with van der Waals surface area (Å²) in [6, 6.07) is 3.59. The van der Waals surface area contributed by atoms with E-state index in [1.54, 1.807) is 0 Å². The van der Waals surface area contributed by atoms with Crippen molar-refractivity contribution in [2.75, 3.05) is 25.7 Å². The first-order valence-electron chi connectivity index (χ1n) is 6.24. The smallest absolute Gasteiger partial charge is 0.337 e. The molecular formula is C14H14FNO5. The predicted molar refractivity (Wildman–Crippen MR) is 70.2 cm³/mol. The van der Waals surface area contributed by atoms with Gasteiger partial charge in [0, 0.05) is 13.0 Å². The molecule has 21 heavy (non-hydrogen) atoms. The molecule has 6 nitrogen and oxygen atoms in total. The molecule has 1 heterocycles. The Kier molecular flexibility index (Phi) is 4.21. The summed E-state index contributed by atoms with van der Waals surface area (Å²) in [4.78, 5) is 36.0. The van der Waals surface area contributed by atoms with Crippen molar-refractivity contribution in [3.63, 3.8) is 0 Å². The molecule has 1 unspecified atom stereocenters. The van der Waals surface area contributed by atoms with Gasteiger partial charge in [0.25, 0.3) is 0 Å². The molecule has 7 heteroatoms. The molecule has 0 radical (unpaired) electrons. The third kappa shape index (κ3) is 2.86. The third-order valence-corrected chi connectivity index (χ3v) is 3.32. The van der Waals surface area contributed by atoms with Gasteiger partial charge in [-0.25, -0.2) is 9.18 Å². The fraction of sp³-hybridized carbons (Fsp3) is 0.357. The molecule has 0 bridgehead atoms. The summed E-state index contributed by atoms with van der Waals surface area (Å²) in [6.45, 7) is 0.0209. The van der Waals surface area contributed by atoms with Gasteiger partial charge in [-0.2, -0.15) is 0 Å². The molecule has 112 valence electrons. The number of hydrogen-bond donors (Lipinski definition) is 0. The highest BCUT2D eigenvalue weighted by Crippen LogP contribution is 2.29. The number of rotatable bonds is 3. The quantitative estimate of drug-likeness (QED) is 0.782. The van der Waals surface area contributed by atoms with Crippen LogP contribution < -0.4 is 4.90 Å². The van der Waals surface area contributed by atoms with Crippen molar-refractivity contribution < 1.29 is 28.2 Å². The molecular weight excluding hydrogens is 281 g/mol. The van der Waals surface area contributed by atoms with E-state index in [0.29, 0.717) is 0 Å². The second-order valence-corrected chi connectivity index (χ2v) is 4.59. The van der Waals surface area contributed by atoms with Gasteiger partial charge in [-0.3, -0.25) is 9.59 Å². The van der Waals surface area contributed by atoms with E-state index in [2.05, 4.69) is 9.47 Å². The van der Waals surface area contributed by atoms with E-state index in [9.17, 15) is 18.8 Å². The summed E-state index contributed by atoms with van der Waals surface area (Å²) in [7, 11) is 2.44. The van der Waals surface area contributed by atoms with Crippen LogP contribution in [0.1, 0.15) is 16.8 Å². The maximum absolute atomic E-state index is 13.9. The lowest BCUT2D eigenvalue weighted by molar-refractivity contribution is -0.145. The fourth-order valence-electron chi connectivity index (χ4n) is 2.23. The van der Waals surface area contributed by atoms with Gasteiger partial charge in [-0.05, 0) is 18.2 Å². The summed E-state index contributed by atoms with van der Waals surface area (Å²) in [5.74, 6) is -2.83. The molecule has 0 N–H and O–H groups in total. The van der Waals surface area contributed by atoms with Gasteiger partial charge in [0.15, 0.2) is 0 Å². The Balaban J connectivity index is 2.31. The molecule has 2 rings (SSSR count). The molecule has 1 fully saturated rings. The van der Waals surface area contributed by atoms with Crippen LogP contribution in [0.5, 0.6) is 0 Å². The Labute approximate surface area is 120 Å². The fourth-order valence-corrected chi connectivity index (χ4v) is 2.23. The molecule has 1 aliphatic heterocycles. The van der Waals surface area contributed by atoms with Gasteiger partial charge in [0.1, 0.15) is 5.82 Å². The maximum Gasteiger partial charge on any atom is 0.337 e. The first-order valence-corrected chi connectivity index (χ1v) is 6.24. The zero-order valence-electron chi connectivity index (χ0n) is 11.6. The minimum Gasteiger partial charge on any atom is -0.469 e. The molecule has 0 saturated carbocycles. The Hall–Kier alpha value is -2.44. The molecule has 0 aliphatic carbocycles. The first-order chi connectivity index (χ1) is 9.97. The molecule has 1 atom stereocenters. The van der Waals surface area contributed by atoms with Crippen LogP contribution in [0.4, 0.5) is 10.1 Å². The van der Waals surface area contributed by atoms with Crippen molar-refractivity contribution in [1.29, 1.82) is 0 Å². The minimum absolute atomic E-state index is 0.0209. The molecule has 1 aliphatic rings. The number of amides is 1. The average molecular weight is 295 g/mol. The number of ether oxygens (including phenoxy) is 2. The Morgan fingerprint density at radius 2 is 2.00 bits per heavy atom. The molecule has 1 aromatic carbocycles. The van der Waals surface area contributed by atoms with Gasteiger partial charge in [-0.15, -0.1) is 0 Å². The van der Waals surface area contributed by atoms with E-state index in [-0.39, 0.29) is 24.2 Å². The topological polar surface area (TPSA) is 72.9 Å². The Morgan fingerprint density at radius 3 is 2.62 bits per heavy atom. The summed E-state index contributed by atoms with van der Waals surface area (Å²) in [5, 5.41) is 0. The lowest BCUT2D eigenvalue weighted by Gasteiger charge is -2.17. The van der Waals surface area contributed by atoms with E-state index in [0.717, 1.165) is 11.0 Å². The van der Waals surface area contributed by atoms with Crippen molar-refractivity contribution in [3.05, 3.63) is 29.6 Å². The lowest BCUT2D eigenvalue weighted by Crippen LogP contribution is -2.27. The van der Waals surface area contributed by atoms with Gasteiger partial charge in [0.05, 0.1) is 31.4 Å². The Bertz CT molecular complexity index is 601. The maximum atomic E-state index is 13.9. The standard InChI is InChI=1S/C14H14FNO5/c1-20-13(18)8-3-4-10(15)11(5-8)16-7-9(6-12(16)17)14(19)21-2/h3-5,9H,6-7H2,1-2H3. The number of halogens is 1. The predicted octanol–water partition coefficient (Wildman–Crippen LogP) is 1.14. The van der Waals surface area contributed by atoms with Crippen molar-refractivity contribution in [1.82, 2.24) is 0 Å². The number of benzene rings is 1. The van der Waals surface area contributed by atoms with Crippen LogP contribution in [0.2, 0.25) is 0 Å². The number of anilines is 1. The summed E-state index contributed by atoms with van der Waals surface area (Å²) >= 11 is 0. The van der Waals surface area contributed by atoms with Crippen molar-refractivity contribution >= 4 is 23.5 Å². The molecule has 1 amide bonds. The van der Waals surface area contributed by atoms with Gasteiger partial charge in [-0.1, -0.05) is 0 Å². The van der Waals surface area contributed by atoms with E-state index in [1.165, 1.54) is 26.4 Å². The number of carbonyl (C=O) groups excluding carboxylic acids is 3. The van der Waals surface area contributed by atoms with Gasteiger partial charge in [0.2, 0.25) is 5.91 Å². The van der Waals surface area contributed by atoms with E-state index < -0.39 is 29.6 Å².